The van der Waals surface area contributed by atoms with Crippen LogP contribution < -0.4 is 0 Å². The van der Waals surface area contributed by atoms with Crippen LogP contribution in [0, 0.1) is 6.92 Å². The molecule has 2 atom stereocenters. The molecule has 0 saturated heterocycles. The molecule has 16 heavy (non-hydrogen) atoms. The average molecular weight is 236 g/mol. The van der Waals surface area contributed by atoms with Gasteiger partial charge in [-0.2, -0.15) is 11.8 Å². The number of aliphatic hydroxyl groups is 1. The largest absolute Gasteiger partial charge is 0.392 e. The fourth-order valence-corrected chi connectivity index (χ4v) is 3.55. The normalized spacial score (nSPS) is 25.6. The summed E-state index contributed by atoms with van der Waals surface area (Å²) in [5.41, 5.74) is 2.70. The molecule has 1 aromatic carbocycles. The lowest BCUT2D eigenvalue weighted by molar-refractivity contribution is 0.137. The van der Waals surface area contributed by atoms with E-state index in [9.17, 15) is 5.11 Å². The molecule has 1 nitrogen and oxygen atoms in total. The standard InChI is InChI=1S/C14H20OS/c1-11-5-4-6-12(9-11)10-16-14-8-3-2-7-13(14)15/h4-6,9,13-15H,2-3,7-8,10H2,1H3. The van der Waals surface area contributed by atoms with Crippen molar-refractivity contribution in [3.8, 4) is 0 Å². The predicted octanol–water partition coefficient (Wildman–Crippen LogP) is 3.53. The lowest BCUT2D eigenvalue weighted by Gasteiger charge is -2.27. The van der Waals surface area contributed by atoms with Gasteiger partial charge in [0.05, 0.1) is 6.10 Å². The number of thioether (sulfide) groups is 1. The summed E-state index contributed by atoms with van der Waals surface area (Å²) in [4.78, 5) is 0. The molecule has 0 amide bonds. The number of aryl methyl sites for hydroxylation is 1. The second kappa shape index (κ2) is 5.74. The SMILES string of the molecule is Cc1cccc(CSC2CCCCC2O)c1. The highest BCUT2D eigenvalue weighted by atomic mass is 32.2. The highest BCUT2D eigenvalue weighted by Crippen LogP contribution is 2.30. The van der Waals surface area contributed by atoms with Gasteiger partial charge in [-0.3, -0.25) is 0 Å². The molecule has 1 aliphatic rings. The third-order valence-electron chi connectivity index (χ3n) is 3.21. The molecule has 0 aromatic heterocycles. The fraction of sp³-hybridized carbons (Fsp3) is 0.571. The van der Waals surface area contributed by atoms with Crippen LogP contribution in [0.1, 0.15) is 36.8 Å². The summed E-state index contributed by atoms with van der Waals surface area (Å²) in [6.07, 6.45) is 4.57. The molecule has 1 aromatic rings. The number of aliphatic hydroxyl groups excluding tert-OH is 1. The Kier molecular flexibility index (Phi) is 4.30. The van der Waals surface area contributed by atoms with Crippen LogP contribution in [-0.2, 0) is 5.75 Å². The first-order valence-electron chi connectivity index (χ1n) is 6.11. The van der Waals surface area contributed by atoms with Gasteiger partial charge in [0, 0.05) is 11.0 Å². The smallest absolute Gasteiger partial charge is 0.0658 e. The van der Waals surface area contributed by atoms with Crippen molar-refractivity contribution < 1.29 is 5.11 Å². The molecule has 88 valence electrons. The maximum atomic E-state index is 9.88. The minimum absolute atomic E-state index is 0.0800. The molecular formula is C14H20OS. The van der Waals surface area contributed by atoms with Gasteiger partial charge in [-0.25, -0.2) is 0 Å². The summed E-state index contributed by atoms with van der Waals surface area (Å²) in [6, 6.07) is 8.66. The van der Waals surface area contributed by atoms with Crippen LogP contribution in [0.4, 0.5) is 0 Å². The number of hydrogen-bond acceptors (Lipinski definition) is 2. The average Bonchev–Trinajstić information content (AvgIpc) is 2.28. The predicted molar refractivity (Wildman–Crippen MR) is 70.7 cm³/mol. The number of hydrogen-bond donors (Lipinski definition) is 1. The minimum Gasteiger partial charge on any atom is -0.392 e. The van der Waals surface area contributed by atoms with Gasteiger partial charge in [-0.15, -0.1) is 0 Å². The highest BCUT2D eigenvalue weighted by molar-refractivity contribution is 7.99. The topological polar surface area (TPSA) is 20.2 Å². The summed E-state index contributed by atoms with van der Waals surface area (Å²) in [6.45, 7) is 2.13. The summed E-state index contributed by atoms with van der Waals surface area (Å²) >= 11 is 1.92. The zero-order chi connectivity index (χ0) is 11.4. The Morgan fingerprint density at radius 1 is 1.31 bits per heavy atom. The van der Waals surface area contributed by atoms with Crippen molar-refractivity contribution in [2.24, 2.45) is 0 Å². The molecule has 0 heterocycles. The Morgan fingerprint density at radius 3 is 2.88 bits per heavy atom. The van der Waals surface area contributed by atoms with Crippen molar-refractivity contribution >= 4 is 11.8 Å². The van der Waals surface area contributed by atoms with E-state index in [2.05, 4.69) is 31.2 Å². The quantitative estimate of drug-likeness (QED) is 0.866. The Balaban J connectivity index is 1.86. The second-order valence-electron chi connectivity index (χ2n) is 4.69. The Labute approximate surface area is 102 Å². The summed E-state index contributed by atoms with van der Waals surface area (Å²) < 4.78 is 0. The molecule has 0 aliphatic heterocycles. The van der Waals surface area contributed by atoms with E-state index in [1.807, 2.05) is 11.8 Å². The Morgan fingerprint density at radius 2 is 2.12 bits per heavy atom. The van der Waals surface area contributed by atoms with Crippen LogP contribution in [0.15, 0.2) is 24.3 Å². The van der Waals surface area contributed by atoms with E-state index in [0.29, 0.717) is 5.25 Å². The van der Waals surface area contributed by atoms with Crippen LogP contribution in [0.5, 0.6) is 0 Å². The Hall–Kier alpha value is -0.470. The molecule has 2 unspecified atom stereocenters. The summed E-state index contributed by atoms with van der Waals surface area (Å²) in [7, 11) is 0. The van der Waals surface area contributed by atoms with Crippen molar-refractivity contribution in [2.75, 3.05) is 0 Å². The van der Waals surface area contributed by atoms with Gasteiger partial charge in [-0.05, 0) is 25.3 Å². The second-order valence-corrected chi connectivity index (χ2v) is 5.92. The third-order valence-corrected chi connectivity index (χ3v) is 4.69. The maximum Gasteiger partial charge on any atom is 0.0658 e. The lowest BCUT2D eigenvalue weighted by atomic mass is 9.97. The molecule has 0 radical (unpaired) electrons. The van der Waals surface area contributed by atoms with Crippen molar-refractivity contribution in [1.29, 1.82) is 0 Å². The van der Waals surface area contributed by atoms with E-state index in [1.54, 1.807) is 0 Å². The summed E-state index contributed by atoms with van der Waals surface area (Å²) in [5, 5.41) is 10.3. The van der Waals surface area contributed by atoms with Crippen molar-refractivity contribution in [2.45, 2.75) is 49.7 Å². The molecular weight excluding hydrogens is 216 g/mol. The van der Waals surface area contributed by atoms with Crippen molar-refractivity contribution in [3.63, 3.8) is 0 Å². The molecule has 1 saturated carbocycles. The van der Waals surface area contributed by atoms with Crippen LogP contribution in [0.3, 0.4) is 0 Å². The first-order chi connectivity index (χ1) is 7.75. The molecule has 2 rings (SSSR count). The van der Waals surface area contributed by atoms with Gasteiger partial charge in [-0.1, -0.05) is 42.7 Å². The third kappa shape index (κ3) is 3.26. The van der Waals surface area contributed by atoms with E-state index in [1.165, 1.54) is 30.4 Å². The first kappa shape index (κ1) is 12.0. The van der Waals surface area contributed by atoms with E-state index in [4.69, 9.17) is 0 Å². The molecule has 1 N–H and O–H groups in total. The lowest BCUT2D eigenvalue weighted by Crippen LogP contribution is -2.26. The molecule has 0 bridgehead atoms. The fourth-order valence-electron chi connectivity index (χ4n) is 2.28. The van der Waals surface area contributed by atoms with Crippen LogP contribution in [0.2, 0.25) is 0 Å². The van der Waals surface area contributed by atoms with Gasteiger partial charge in [0.25, 0.3) is 0 Å². The van der Waals surface area contributed by atoms with Gasteiger partial charge < -0.3 is 5.11 Å². The van der Waals surface area contributed by atoms with E-state index in [-0.39, 0.29) is 6.10 Å². The zero-order valence-electron chi connectivity index (χ0n) is 9.86. The van der Waals surface area contributed by atoms with Crippen molar-refractivity contribution in [3.05, 3.63) is 35.4 Å². The van der Waals surface area contributed by atoms with E-state index in [0.717, 1.165) is 12.2 Å². The van der Waals surface area contributed by atoms with E-state index < -0.39 is 0 Å². The van der Waals surface area contributed by atoms with Crippen LogP contribution >= 0.6 is 11.8 Å². The van der Waals surface area contributed by atoms with Gasteiger partial charge in [0.2, 0.25) is 0 Å². The number of benzene rings is 1. The molecule has 1 fully saturated rings. The summed E-state index contributed by atoms with van der Waals surface area (Å²) in [5.74, 6) is 1.03. The monoisotopic (exact) mass is 236 g/mol. The Bertz CT molecular complexity index is 337. The first-order valence-corrected chi connectivity index (χ1v) is 7.16. The van der Waals surface area contributed by atoms with Crippen LogP contribution in [-0.4, -0.2) is 16.5 Å². The molecule has 0 spiro atoms. The molecule has 1 aliphatic carbocycles. The molecule has 2 heteroatoms. The van der Waals surface area contributed by atoms with Gasteiger partial charge in [0.1, 0.15) is 0 Å². The van der Waals surface area contributed by atoms with E-state index >= 15 is 0 Å². The van der Waals surface area contributed by atoms with Gasteiger partial charge >= 0.3 is 0 Å². The maximum absolute atomic E-state index is 9.88. The minimum atomic E-state index is -0.0800. The van der Waals surface area contributed by atoms with Crippen molar-refractivity contribution in [1.82, 2.24) is 0 Å². The van der Waals surface area contributed by atoms with Gasteiger partial charge in [0.15, 0.2) is 0 Å². The number of rotatable bonds is 3. The highest BCUT2D eigenvalue weighted by Gasteiger charge is 2.22. The zero-order valence-corrected chi connectivity index (χ0v) is 10.7. The van der Waals surface area contributed by atoms with Crippen LogP contribution in [0.25, 0.3) is 0 Å².